The van der Waals surface area contributed by atoms with E-state index in [0.717, 1.165) is 19.4 Å². The normalized spacial score (nSPS) is 11.6. The summed E-state index contributed by atoms with van der Waals surface area (Å²) in [7, 11) is 1.64. The standard InChI is InChI=1S/C19H17BrIN3O2/c1-11(2)18-23-16-6-5-13(20)9-14(16)19(25)24(18)22-10-12-4-7-17(26-3)15(21)8-12/h4-11H,1-3H3. The monoisotopic (exact) mass is 525 g/mol. The molecule has 7 heteroatoms. The molecular formula is C19H17BrIN3O2. The highest BCUT2D eigenvalue weighted by Crippen LogP contribution is 2.21. The maximum Gasteiger partial charge on any atom is 0.282 e. The SMILES string of the molecule is COc1ccc(C=Nn2c(C(C)C)nc3ccc(Br)cc3c2=O)cc1I. The molecule has 0 aliphatic rings. The van der Waals surface area contributed by atoms with Gasteiger partial charge in [-0.05, 0) is 64.6 Å². The van der Waals surface area contributed by atoms with E-state index in [1.54, 1.807) is 19.4 Å². The van der Waals surface area contributed by atoms with Gasteiger partial charge in [-0.1, -0.05) is 29.8 Å². The van der Waals surface area contributed by atoms with E-state index in [9.17, 15) is 4.79 Å². The molecule has 1 aromatic heterocycles. The number of ether oxygens (including phenoxy) is 1. The van der Waals surface area contributed by atoms with Crippen LogP contribution in [0, 0.1) is 3.57 Å². The van der Waals surface area contributed by atoms with Gasteiger partial charge in [-0.2, -0.15) is 9.78 Å². The van der Waals surface area contributed by atoms with Gasteiger partial charge in [0.05, 0.1) is 27.8 Å². The summed E-state index contributed by atoms with van der Waals surface area (Å²) < 4.78 is 8.47. The molecule has 5 nitrogen and oxygen atoms in total. The third-order valence-corrected chi connectivity index (χ3v) is 5.18. The largest absolute Gasteiger partial charge is 0.496 e. The van der Waals surface area contributed by atoms with Crippen LogP contribution in [0.3, 0.4) is 0 Å². The Morgan fingerprint density at radius 1 is 1.27 bits per heavy atom. The predicted octanol–water partition coefficient (Wildman–Crippen LogP) is 4.78. The summed E-state index contributed by atoms with van der Waals surface area (Å²) in [6.07, 6.45) is 1.67. The minimum absolute atomic E-state index is 0.0592. The van der Waals surface area contributed by atoms with Crippen molar-refractivity contribution in [3.63, 3.8) is 0 Å². The topological polar surface area (TPSA) is 56.5 Å². The second-order valence-electron chi connectivity index (χ2n) is 6.04. The van der Waals surface area contributed by atoms with Crippen molar-refractivity contribution in [3.05, 3.63) is 66.2 Å². The molecule has 0 aliphatic heterocycles. The zero-order chi connectivity index (χ0) is 18.8. The van der Waals surface area contributed by atoms with Crippen molar-refractivity contribution in [2.45, 2.75) is 19.8 Å². The van der Waals surface area contributed by atoms with E-state index in [1.807, 2.05) is 44.2 Å². The van der Waals surface area contributed by atoms with Crippen LogP contribution in [0.15, 0.2) is 50.8 Å². The molecule has 0 radical (unpaired) electrons. The van der Waals surface area contributed by atoms with Gasteiger partial charge in [0.15, 0.2) is 0 Å². The first-order valence-electron chi connectivity index (χ1n) is 8.01. The highest BCUT2D eigenvalue weighted by molar-refractivity contribution is 14.1. The van der Waals surface area contributed by atoms with Gasteiger partial charge in [0.25, 0.3) is 5.56 Å². The van der Waals surface area contributed by atoms with E-state index in [1.165, 1.54) is 4.68 Å². The molecule has 134 valence electrons. The molecule has 3 aromatic rings. The third-order valence-electron chi connectivity index (χ3n) is 3.85. The van der Waals surface area contributed by atoms with Crippen LogP contribution in [-0.2, 0) is 0 Å². The van der Waals surface area contributed by atoms with Crippen LogP contribution < -0.4 is 10.3 Å². The summed E-state index contributed by atoms with van der Waals surface area (Å²) in [6.45, 7) is 3.99. The number of nitrogens with zero attached hydrogens (tertiary/aromatic N) is 3. The van der Waals surface area contributed by atoms with Gasteiger partial charge in [0.2, 0.25) is 0 Å². The highest BCUT2D eigenvalue weighted by Gasteiger charge is 2.13. The molecular weight excluding hydrogens is 509 g/mol. The first kappa shape index (κ1) is 19.0. The molecule has 0 N–H and O–H groups in total. The summed E-state index contributed by atoms with van der Waals surface area (Å²) in [5.74, 6) is 1.49. The van der Waals surface area contributed by atoms with Crippen molar-refractivity contribution >= 4 is 55.6 Å². The van der Waals surface area contributed by atoms with Crippen molar-refractivity contribution in [2.75, 3.05) is 7.11 Å². The molecule has 0 atom stereocenters. The summed E-state index contributed by atoms with van der Waals surface area (Å²) in [5, 5.41) is 4.96. The van der Waals surface area contributed by atoms with Gasteiger partial charge in [0, 0.05) is 10.4 Å². The molecule has 0 spiro atoms. The minimum Gasteiger partial charge on any atom is -0.496 e. The van der Waals surface area contributed by atoms with Crippen LogP contribution in [-0.4, -0.2) is 23.0 Å². The van der Waals surface area contributed by atoms with Gasteiger partial charge in [0.1, 0.15) is 11.6 Å². The summed E-state index contributed by atoms with van der Waals surface area (Å²) >= 11 is 5.62. The van der Waals surface area contributed by atoms with E-state index >= 15 is 0 Å². The second kappa shape index (κ2) is 7.87. The molecule has 26 heavy (non-hydrogen) atoms. The molecule has 1 heterocycles. The Morgan fingerprint density at radius 3 is 2.69 bits per heavy atom. The Kier molecular flexibility index (Phi) is 5.76. The average molecular weight is 526 g/mol. The fraction of sp³-hybridized carbons (Fsp3) is 0.211. The lowest BCUT2D eigenvalue weighted by Gasteiger charge is -2.12. The van der Waals surface area contributed by atoms with Crippen LogP contribution in [0.1, 0.15) is 31.2 Å². The quantitative estimate of drug-likeness (QED) is 0.364. The first-order chi connectivity index (χ1) is 12.4. The molecule has 3 rings (SSSR count). The fourth-order valence-electron chi connectivity index (χ4n) is 2.54. The van der Waals surface area contributed by atoms with Gasteiger partial charge in [-0.3, -0.25) is 4.79 Å². The average Bonchev–Trinajstić information content (AvgIpc) is 2.61. The van der Waals surface area contributed by atoms with Crippen molar-refractivity contribution in [1.82, 2.24) is 9.66 Å². The molecule has 0 unspecified atom stereocenters. The zero-order valence-electron chi connectivity index (χ0n) is 14.5. The van der Waals surface area contributed by atoms with Crippen LogP contribution in [0.5, 0.6) is 5.75 Å². The predicted molar refractivity (Wildman–Crippen MR) is 116 cm³/mol. The zero-order valence-corrected chi connectivity index (χ0v) is 18.3. The van der Waals surface area contributed by atoms with Crippen molar-refractivity contribution in [3.8, 4) is 5.75 Å². The maximum absolute atomic E-state index is 13.0. The molecule has 0 amide bonds. The van der Waals surface area contributed by atoms with E-state index < -0.39 is 0 Å². The van der Waals surface area contributed by atoms with Crippen molar-refractivity contribution in [1.29, 1.82) is 0 Å². The van der Waals surface area contributed by atoms with E-state index in [2.05, 4.69) is 48.6 Å². The van der Waals surface area contributed by atoms with Crippen LogP contribution in [0.25, 0.3) is 10.9 Å². The van der Waals surface area contributed by atoms with E-state index in [-0.39, 0.29) is 11.5 Å². The van der Waals surface area contributed by atoms with Gasteiger partial charge >= 0.3 is 0 Å². The van der Waals surface area contributed by atoms with E-state index in [4.69, 9.17) is 4.74 Å². The summed E-state index contributed by atoms with van der Waals surface area (Å²) in [4.78, 5) is 17.6. The first-order valence-corrected chi connectivity index (χ1v) is 9.88. The summed E-state index contributed by atoms with van der Waals surface area (Å²) in [6, 6.07) is 11.2. The van der Waals surface area contributed by atoms with Gasteiger partial charge in [-0.25, -0.2) is 4.98 Å². The smallest absolute Gasteiger partial charge is 0.282 e. The molecule has 0 fully saturated rings. The van der Waals surface area contributed by atoms with Gasteiger partial charge < -0.3 is 4.74 Å². The lowest BCUT2D eigenvalue weighted by molar-refractivity contribution is 0.412. The van der Waals surface area contributed by atoms with Crippen LogP contribution >= 0.6 is 38.5 Å². The molecule has 0 aliphatic carbocycles. The van der Waals surface area contributed by atoms with E-state index in [0.29, 0.717) is 16.7 Å². The second-order valence-corrected chi connectivity index (χ2v) is 8.12. The number of hydrogen-bond acceptors (Lipinski definition) is 4. The van der Waals surface area contributed by atoms with Crippen LogP contribution in [0.2, 0.25) is 0 Å². The Hall–Kier alpha value is -1.74. The Bertz CT molecular complexity index is 1060. The Balaban J connectivity index is 2.14. The number of benzene rings is 2. The molecule has 2 aromatic carbocycles. The number of fused-ring (bicyclic) bond motifs is 1. The Labute approximate surface area is 173 Å². The lowest BCUT2D eigenvalue weighted by atomic mass is 10.2. The highest BCUT2D eigenvalue weighted by atomic mass is 127. The molecule has 0 bridgehead atoms. The lowest BCUT2D eigenvalue weighted by Crippen LogP contribution is -2.23. The summed E-state index contributed by atoms with van der Waals surface area (Å²) in [5.41, 5.74) is 1.37. The van der Waals surface area contributed by atoms with Crippen molar-refractivity contribution in [2.24, 2.45) is 5.10 Å². The number of halogens is 2. The maximum atomic E-state index is 13.0. The number of methoxy groups -OCH3 is 1. The number of hydrogen-bond donors (Lipinski definition) is 0. The number of rotatable bonds is 4. The fourth-order valence-corrected chi connectivity index (χ4v) is 3.66. The third kappa shape index (κ3) is 3.83. The molecule has 0 saturated carbocycles. The van der Waals surface area contributed by atoms with Crippen molar-refractivity contribution < 1.29 is 4.74 Å². The molecule has 0 saturated heterocycles. The number of aromatic nitrogens is 2. The van der Waals surface area contributed by atoms with Gasteiger partial charge in [-0.15, -0.1) is 0 Å². The van der Waals surface area contributed by atoms with Crippen LogP contribution in [0.4, 0.5) is 0 Å². The minimum atomic E-state index is -0.181. The Morgan fingerprint density at radius 2 is 2.04 bits per heavy atom.